The summed E-state index contributed by atoms with van der Waals surface area (Å²) in [4.78, 5) is 0. The Hall–Kier alpha value is -1.06. The van der Waals surface area contributed by atoms with Gasteiger partial charge in [-0.3, -0.25) is 0 Å². The van der Waals surface area contributed by atoms with Gasteiger partial charge < -0.3 is 15.6 Å². The Balaban J connectivity index is 2.94. The van der Waals surface area contributed by atoms with Crippen LogP contribution in [0.15, 0.2) is 12.1 Å². The summed E-state index contributed by atoms with van der Waals surface area (Å²) >= 11 is 0. The summed E-state index contributed by atoms with van der Waals surface area (Å²) < 4.78 is 5.55. The molecule has 0 fully saturated rings. The summed E-state index contributed by atoms with van der Waals surface area (Å²) in [5.41, 5.74) is 9.46. The normalized spacial score (nSPS) is 15.9. The fraction of sp³-hybridized carbons (Fsp3) is 0.625. The van der Waals surface area contributed by atoms with Crippen LogP contribution in [0.1, 0.15) is 49.8 Å². The average Bonchev–Trinajstić information content (AvgIpc) is 2.27. The van der Waals surface area contributed by atoms with E-state index >= 15 is 0 Å². The van der Waals surface area contributed by atoms with E-state index in [9.17, 15) is 5.11 Å². The SMILES string of the molecule is CCOc1cc(C)c(C(C)CC(O)C(C)N)c(C)c1. The Bertz CT molecular complexity index is 392. The van der Waals surface area contributed by atoms with Crippen molar-refractivity contribution < 1.29 is 9.84 Å². The van der Waals surface area contributed by atoms with Gasteiger partial charge in [0, 0.05) is 6.04 Å². The third-order valence-electron chi connectivity index (χ3n) is 3.57. The highest BCUT2D eigenvalue weighted by molar-refractivity contribution is 5.43. The van der Waals surface area contributed by atoms with Crippen molar-refractivity contribution in [1.29, 1.82) is 0 Å². The van der Waals surface area contributed by atoms with E-state index in [1.54, 1.807) is 0 Å². The monoisotopic (exact) mass is 265 g/mol. The first-order valence-electron chi connectivity index (χ1n) is 7.04. The summed E-state index contributed by atoms with van der Waals surface area (Å²) in [6, 6.07) is 3.95. The standard InChI is InChI=1S/C16H27NO2/c1-6-19-14-7-10(2)16(11(3)8-14)12(4)9-15(18)13(5)17/h7-8,12-13,15,18H,6,9,17H2,1-5H3. The summed E-state index contributed by atoms with van der Waals surface area (Å²) in [7, 11) is 0. The zero-order valence-electron chi connectivity index (χ0n) is 12.7. The molecule has 19 heavy (non-hydrogen) atoms. The molecule has 108 valence electrons. The summed E-state index contributed by atoms with van der Waals surface area (Å²) in [5, 5.41) is 9.93. The molecule has 0 aliphatic rings. The molecular formula is C16H27NO2. The maximum atomic E-state index is 9.93. The van der Waals surface area contributed by atoms with Crippen molar-refractivity contribution in [2.45, 2.75) is 59.1 Å². The molecule has 0 aliphatic carbocycles. The van der Waals surface area contributed by atoms with E-state index in [1.165, 1.54) is 16.7 Å². The van der Waals surface area contributed by atoms with Gasteiger partial charge in [-0.05, 0) is 68.9 Å². The molecule has 0 saturated carbocycles. The third kappa shape index (κ3) is 4.22. The second-order valence-corrected chi connectivity index (χ2v) is 5.47. The molecule has 3 heteroatoms. The molecule has 0 radical (unpaired) electrons. The molecule has 0 amide bonds. The first-order chi connectivity index (χ1) is 8.86. The van der Waals surface area contributed by atoms with Crippen LogP contribution in [0.3, 0.4) is 0 Å². The molecule has 3 N–H and O–H groups in total. The quantitative estimate of drug-likeness (QED) is 0.831. The van der Waals surface area contributed by atoms with Crippen molar-refractivity contribution in [2.24, 2.45) is 5.73 Å². The van der Waals surface area contributed by atoms with Gasteiger partial charge in [0.15, 0.2) is 0 Å². The predicted octanol–water partition coefficient (Wildman–Crippen LogP) is 2.90. The van der Waals surface area contributed by atoms with Gasteiger partial charge in [-0.1, -0.05) is 6.92 Å². The summed E-state index contributed by atoms with van der Waals surface area (Å²) in [6.07, 6.45) is 0.230. The molecule has 3 unspecified atom stereocenters. The fourth-order valence-corrected chi connectivity index (χ4v) is 2.66. The molecule has 0 aliphatic heterocycles. The predicted molar refractivity (Wildman–Crippen MR) is 79.8 cm³/mol. The van der Waals surface area contributed by atoms with Crippen molar-refractivity contribution >= 4 is 0 Å². The molecule has 0 spiro atoms. The minimum Gasteiger partial charge on any atom is -0.494 e. The number of benzene rings is 1. The van der Waals surface area contributed by atoms with Gasteiger partial charge in [0.25, 0.3) is 0 Å². The lowest BCUT2D eigenvalue weighted by atomic mass is 9.87. The highest BCUT2D eigenvalue weighted by Crippen LogP contribution is 2.31. The van der Waals surface area contributed by atoms with Crippen molar-refractivity contribution in [1.82, 2.24) is 0 Å². The Morgan fingerprint density at radius 3 is 2.16 bits per heavy atom. The van der Waals surface area contributed by atoms with E-state index in [1.807, 2.05) is 13.8 Å². The van der Waals surface area contributed by atoms with Crippen LogP contribution in [-0.2, 0) is 0 Å². The molecule has 0 aromatic heterocycles. The van der Waals surface area contributed by atoms with E-state index in [0.29, 0.717) is 13.0 Å². The lowest BCUT2D eigenvalue weighted by molar-refractivity contribution is 0.134. The minimum absolute atomic E-state index is 0.189. The molecule has 0 bridgehead atoms. The van der Waals surface area contributed by atoms with Gasteiger partial charge in [-0.15, -0.1) is 0 Å². The second-order valence-electron chi connectivity index (χ2n) is 5.47. The van der Waals surface area contributed by atoms with E-state index < -0.39 is 6.10 Å². The first-order valence-corrected chi connectivity index (χ1v) is 7.04. The fourth-order valence-electron chi connectivity index (χ4n) is 2.66. The Kier molecular flexibility index (Phi) is 5.83. The van der Waals surface area contributed by atoms with Gasteiger partial charge in [-0.2, -0.15) is 0 Å². The first kappa shape index (κ1) is 16.0. The van der Waals surface area contributed by atoms with Crippen LogP contribution in [0.4, 0.5) is 0 Å². The number of aryl methyl sites for hydroxylation is 2. The number of hydrogen-bond acceptors (Lipinski definition) is 3. The van der Waals surface area contributed by atoms with Crippen LogP contribution < -0.4 is 10.5 Å². The number of aliphatic hydroxyl groups is 1. The topological polar surface area (TPSA) is 55.5 Å². The van der Waals surface area contributed by atoms with Crippen LogP contribution in [0, 0.1) is 13.8 Å². The van der Waals surface area contributed by atoms with Crippen molar-refractivity contribution in [3.8, 4) is 5.75 Å². The Labute approximate surface area is 116 Å². The molecule has 1 aromatic rings. The largest absolute Gasteiger partial charge is 0.494 e. The van der Waals surface area contributed by atoms with Crippen LogP contribution in [0.25, 0.3) is 0 Å². The maximum Gasteiger partial charge on any atom is 0.119 e. The van der Waals surface area contributed by atoms with E-state index in [0.717, 1.165) is 5.75 Å². The highest BCUT2D eigenvalue weighted by atomic mass is 16.5. The Morgan fingerprint density at radius 1 is 1.21 bits per heavy atom. The molecule has 1 aromatic carbocycles. The van der Waals surface area contributed by atoms with Gasteiger partial charge in [0.2, 0.25) is 0 Å². The summed E-state index contributed by atoms with van der Waals surface area (Å²) in [5.74, 6) is 1.21. The van der Waals surface area contributed by atoms with Crippen molar-refractivity contribution in [3.05, 3.63) is 28.8 Å². The number of ether oxygens (including phenoxy) is 1. The zero-order chi connectivity index (χ0) is 14.6. The van der Waals surface area contributed by atoms with Crippen molar-refractivity contribution in [3.63, 3.8) is 0 Å². The molecular weight excluding hydrogens is 238 g/mol. The molecule has 1 rings (SSSR count). The summed E-state index contributed by atoms with van der Waals surface area (Å²) in [6.45, 7) is 10.8. The highest BCUT2D eigenvalue weighted by Gasteiger charge is 2.18. The van der Waals surface area contributed by atoms with Crippen LogP contribution in [0.5, 0.6) is 5.75 Å². The molecule has 3 atom stereocenters. The third-order valence-corrected chi connectivity index (χ3v) is 3.57. The molecule has 0 heterocycles. The van der Waals surface area contributed by atoms with Crippen LogP contribution >= 0.6 is 0 Å². The van der Waals surface area contributed by atoms with Crippen molar-refractivity contribution in [2.75, 3.05) is 6.61 Å². The van der Waals surface area contributed by atoms with Crippen LogP contribution in [-0.4, -0.2) is 23.9 Å². The van der Waals surface area contributed by atoms with E-state index in [-0.39, 0.29) is 12.0 Å². The van der Waals surface area contributed by atoms with E-state index in [2.05, 4.69) is 32.9 Å². The lowest BCUT2D eigenvalue weighted by Gasteiger charge is -2.23. The van der Waals surface area contributed by atoms with E-state index in [4.69, 9.17) is 10.5 Å². The average molecular weight is 265 g/mol. The number of nitrogens with two attached hydrogens (primary N) is 1. The molecule has 3 nitrogen and oxygen atoms in total. The maximum absolute atomic E-state index is 9.93. The van der Waals surface area contributed by atoms with Gasteiger partial charge in [0.05, 0.1) is 12.7 Å². The number of rotatable bonds is 6. The molecule has 0 saturated heterocycles. The number of hydrogen-bond donors (Lipinski definition) is 2. The van der Waals surface area contributed by atoms with Gasteiger partial charge >= 0.3 is 0 Å². The lowest BCUT2D eigenvalue weighted by Crippen LogP contribution is -2.32. The Morgan fingerprint density at radius 2 is 1.74 bits per heavy atom. The second kappa shape index (κ2) is 6.92. The number of aliphatic hydroxyl groups excluding tert-OH is 1. The van der Waals surface area contributed by atoms with Gasteiger partial charge in [-0.25, -0.2) is 0 Å². The van der Waals surface area contributed by atoms with Gasteiger partial charge in [0.1, 0.15) is 5.75 Å². The van der Waals surface area contributed by atoms with Crippen LogP contribution in [0.2, 0.25) is 0 Å². The smallest absolute Gasteiger partial charge is 0.119 e. The minimum atomic E-state index is -0.458. The zero-order valence-corrected chi connectivity index (χ0v) is 12.7.